The maximum absolute atomic E-state index is 13.2. The van der Waals surface area contributed by atoms with Crippen LogP contribution < -0.4 is 4.90 Å². The van der Waals surface area contributed by atoms with Gasteiger partial charge < -0.3 is 4.74 Å². The standard InChI is InChI=1S/C20H22ClN3O2S2/c1-14-4-2-5-15-18(14)22-20(28-15)24(19(25)16-6-7-17(21)27-16)9-3-8-23-10-12-26-13-11-23/h2,4-7H,3,8-13H2,1H3. The molecule has 5 nitrogen and oxygen atoms in total. The first-order valence-corrected chi connectivity index (χ1v) is 11.4. The molecule has 1 aliphatic rings. The third-order valence-electron chi connectivity index (χ3n) is 4.83. The van der Waals surface area contributed by atoms with Crippen LogP contribution in [0.3, 0.4) is 0 Å². The summed E-state index contributed by atoms with van der Waals surface area (Å²) in [6.45, 7) is 7.10. The van der Waals surface area contributed by atoms with E-state index in [-0.39, 0.29) is 5.91 Å². The monoisotopic (exact) mass is 435 g/mol. The maximum Gasteiger partial charge on any atom is 0.270 e. The van der Waals surface area contributed by atoms with E-state index in [2.05, 4.69) is 24.0 Å². The van der Waals surface area contributed by atoms with Crippen molar-refractivity contribution < 1.29 is 9.53 Å². The van der Waals surface area contributed by atoms with Gasteiger partial charge in [-0.2, -0.15) is 0 Å². The number of carbonyl (C=O) groups is 1. The van der Waals surface area contributed by atoms with Crippen LogP contribution in [-0.2, 0) is 4.74 Å². The van der Waals surface area contributed by atoms with Crippen LogP contribution in [0.15, 0.2) is 30.3 Å². The molecule has 1 saturated heterocycles. The number of anilines is 1. The molecule has 0 spiro atoms. The molecule has 0 bridgehead atoms. The van der Waals surface area contributed by atoms with Gasteiger partial charge in [0.1, 0.15) is 0 Å². The van der Waals surface area contributed by atoms with Gasteiger partial charge in [-0.1, -0.05) is 35.1 Å². The summed E-state index contributed by atoms with van der Waals surface area (Å²) in [5.41, 5.74) is 2.09. The smallest absolute Gasteiger partial charge is 0.270 e. The summed E-state index contributed by atoms with van der Waals surface area (Å²) in [6, 6.07) is 9.71. The van der Waals surface area contributed by atoms with Crippen molar-refractivity contribution in [2.24, 2.45) is 0 Å². The number of morpholine rings is 1. The Morgan fingerprint density at radius 2 is 2.07 bits per heavy atom. The molecule has 1 aromatic carbocycles. The highest BCUT2D eigenvalue weighted by atomic mass is 35.5. The summed E-state index contributed by atoms with van der Waals surface area (Å²) >= 11 is 8.94. The SMILES string of the molecule is Cc1cccc2sc(N(CCCN3CCOCC3)C(=O)c3ccc(Cl)s3)nc12. The van der Waals surface area contributed by atoms with Gasteiger partial charge >= 0.3 is 0 Å². The fourth-order valence-electron chi connectivity index (χ4n) is 3.31. The molecule has 2 aromatic heterocycles. The van der Waals surface area contributed by atoms with Gasteiger partial charge in [0.05, 0.1) is 32.6 Å². The Morgan fingerprint density at radius 3 is 2.79 bits per heavy atom. The lowest BCUT2D eigenvalue weighted by molar-refractivity contribution is 0.0376. The number of halogens is 1. The number of thiazole rings is 1. The van der Waals surface area contributed by atoms with Gasteiger partial charge in [0.2, 0.25) is 0 Å². The predicted molar refractivity (Wildman–Crippen MR) is 117 cm³/mol. The van der Waals surface area contributed by atoms with Crippen molar-refractivity contribution in [3.05, 3.63) is 45.1 Å². The number of hydrogen-bond donors (Lipinski definition) is 0. The van der Waals surface area contributed by atoms with Crippen LogP contribution in [0, 0.1) is 6.92 Å². The van der Waals surface area contributed by atoms with Gasteiger partial charge in [-0.25, -0.2) is 4.98 Å². The zero-order chi connectivity index (χ0) is 19.5. The molecule has 3 aromatic rings. The van der Waals surface area contributed by atoms with E-state index in [9.17, 15) is 4.79 Å². The van der Waals surface area contributed by atoms with Gasteiger partial charge in [-0.15, -0.1) is 11.3 Å². The Kier molecular flexibility index (Phi) is 6.28. The fraction of sp³-hybridized carbons (Fsp3) is 0.400. The van der Waals surface area contributed by atoms with Crippen LogP contribution in [0.4, 0.5) is 5.13 Å². The number of fused-ring (bicyclic) bond motifs is 1. The van der Waals surface area contributed by atoms with Crippen molar-refractivity contribution in [2.45, 2.75) is 13.3 Å². The second-order valence-electron chi connectivity index (χ2n) is 6.79. The van der Waals surface area contributed by atoms with Crippen LogP contribution in [0.25, 0.3) is 10.2 Å². The number of benzene rings is 1. The molecular weight excluding hydrogens is 414 g/mol. The highest BCUT2D eigenvalue weighted by molar-refractivity contribution is 7.22. The third kappa shape index (κ3) is 4.39. The lowest BCUT2D eigenvalue weighted by atomic mass is 10.2. The number of aryl methyl sites for hydroxylation is 1. The largest absolute Gasteiger partial charge is 0.379 e. The highest BCUT2D eigenvalue weighted by Gasteiger charge is 2.23. The van der Waals surface area contributed by atoms with Gasteiger partial charge in [-0.05, 0) is 37.1 Å². The average molecular weight is 436 g/mol. The summed E-state index contributed by atoms with van der Waals surface area (Å²) in [7, 11) is 0. The van der Waals surface area contributed by atoms with E-state index in [0.717, 1.165) is 60.2 Å². The van der Waals surface area contributed by atoms with Crippen molar-refractivity contribution in [3.8, 4) is 0 Å². The lowest BCUT2D eigenvalue weighted by Gasteiger charge is -2.27. The Hall–Kier alpha value is -1.51. The van der Waals surface area contributed by atoms with E-state index in [1.165, 1.54) is 11.3 Å². The molecule has 0 N–H and O–H groups in total. The molecule has 1 amide bonds. The van der Waals surface area contributed by atoms with Gasteiger partial charge in [0.25, 0.3) is 5.91 Å². The van der Waals surface area contributed by atoms with Crippen molar-refractivity contribution in [1.82, 2.24) is 9.88 Å². The molecule has 0 atom stereocenters. The van der Waals surface area contributed by atoms with E-state index in [1.807, 2.05) is 11.0 Å². The van der Waals surface area contributed by atoms with E-state index in [0.29, 0.717) is 15.8 Å². The van der Waals surface area contributed by atoms with Crippen molar-refractivity contribution in [1.29, 1.82) is 0 Å². The van der Waals surface area contributed by atoms with Gasteiger partial charge in [0.15, 0.2) is 5.13 Å². The molecule has 0 radical (unpaired) electrons. The Morgan fingerprint density at radius 1 is 1.25 bits per heavy atom. The van der Waals surface area contributed by atoms with Crippen LogP contribution in [0.1, 0.15) is 21.7 Å². The Balaban J connectivity index is 1.56. The third-order valence-corrected chi connectivity index (χ3v) is 7.09. The van der Waals surface area contributed by atoms with E-state index < -0.39 is 0 Å². The average Bonchev–Trinajstić information content (AvgIpc) is 3.33. The Bertz CT molecular complexity index is 965. The molecule has 0 unspecified atom stereocenters. The topological polar surface area (TPSA) is 45.7 Å². The summed E-state index contributed by atoms with van der Waals surface area (Å²) in [4.78, 5) is 22.8. The van der Waals surface area contributed by atoms with Crippen molar-refractivity contribution in [2.75, 3.05) is 44.3 Å². The normalized spacial score (nSPS) is 15.2. The molecule has 4 rings (SSSR count). The van der Waals surface area contributed by atoms with E-state index in [4.69, 9.17) is 21.3 Å². The zero-order valence-electron chi connectivity index (χ0n) is 15.7. The molecule has 1 fully saturated rings. The number of rotatable bonds is 6. The predicted octanol–water partition coefficient (Wildman–Crippen LogP) is 4.69. The number of aromatic nitrogens is 1. The molecule has 148 valence electrons. The minimum Gasteiger partial charge on any atom is -0.379 e. The summed E-state index contributed by atoms with van der Waals surface area (Å²) < 4.78 is 7.14. The lowest BCUT2D eigenvalue weighted by Crippen LogP contribution is -2.39. The number of thiophene rings is 1. The molecule has 0 saturated carbocycles. The highest BCUT2D eigenvalue weighted by Crippen LogP contribution is 2.32. The van der Waals surface area contributed by atoms with Gasteiger partial charge in [-0.3, -0.25) is 14.6 Å². The molecule has 8 heteroatoms. The van der Waals surface area contributed by atoms with Gasteiger partial charge in [0, 0.05) is 26.2 Å². The fourth-order valence-corrected chi connectivity index (χ4v) is 5.37. The molecule has 3 heterocycles. The molecule has 0 aliphatic carbocycles. The van der Waals surface area contributed by atoms with Crippen LogP contribution in [-0.4, -0.2) is 55.2 Å². The molecule has 1 aliphatic heterocycles. The number of ether oxygens (including phenoxy) is 1. The quantitative estimate of drug-likeness (QED) is 0.563. The maximum atomic E-state index is 13.2. The minimum absolute atomic E-state index is 0.0319. The first-order chi connectivity index (χ1) is 13.6. The van der Waals surface area contributed by atoms with Crippen molar-refractivity contribution >= 4 is 55.5 Å². The Labute approximate surface area is 177 Å². The molecular formula is C20H22ClN3O2S2. The first-order valence-electron chi connectivity index (χ1n) is 9.35. The van der Waals surface area contributed by atoms with Crippen LogP contribution in [0.2, 0.25) is 4.34 Å². The second-order valence-corrected chi connectivity index (χ2v) is 9.51. The first kappa shape index (κ1) is 19.8. The molecule has 28 heavy (non-hydrogen) atoms. The van der Waals surface area contributed by atoms with Crippen molar-refractivity contribution in [3.63, 3.8) is 0 Å². The summed E-state index contributed by atoms with van der Waals surface area (Å²) in [5, 5.41) is 0.751. The van der Waals surface area contributed by atoms with E-state index >= 15 is 0 Å². The number of hydrogen-bond acceptors (Lipinski definition) is 6. The summed E-state index contributed by atoms with van der Waals surface area (Å²) in [6.07, 6.45) is 0.889. The number of para-hydroxylation sites is 1. The minimum atomic E-state index is -0.0319. The number of nitrogens with zero attached hydrogens (tertiary/aromatic N) is 3. The summed E-state index contributed by atoms with van der Waals surface area (Å²) in [5.74, 6) is -0.0319. The zero-order valence-corrected chi connectivity index (χ0v) is 18.1. The second kappa shape index (κ2) is 8.88. The number of carbonyl (C=O) groups excluding carboxylic acids is 1. The number of amides is 1. The van der Waals surface area contributed by atoms with E-state index in [1.54, 1.807) is 23.5 Å². The van der Waals surface area contributed by atoms with Crippen LogP contribution >= 0.6 is 34.3 Å². The van der Waals surface area contributed by atoms with Crippen LogP contribution in [0.5, 0.6) is 0 Å².